The van der Waals surface area contributed by atoms with Crippen molar-refractivity contribution in [2.75, 3.05) is 19.7 Å². The summed E-state index contributed by atoms with van der Waals surface area (Å²) in [6, 6.07) is 7.75. The summed E-state index contributed by atoms with van der Waals surface area (Å²) < 4.78 is 6.49. The van der Waals surface area contributed by atoms with Crippen molar-refractivity contribution in [3.63, 3.8) is 0 Å². The molecular weight excluding hydrogens is 326 g/mol. The maximum absolute atomic E-state index is 12.0. The topological polar surface area (TPSA) is 71.5 Å². The van der Waals surface area contributed by atoms with Crippen LogP contribution in [0, 0.1) is 0 Å². The van der Waals surface area contributed by atoms with E-state index in [2.05, 4.69) is 16.9 Å². The molecule has 7 heteroatoms. The van der Waals surface area contributed by atoms with Crippen LogP contribution in [0.3, 0.4) is 0 Å². The molecule has 1 unspecified atom stereocenters. The number of hydrogen-bond acceptors (Lipinski definition) is 5. The normalized spacial score (nSPS) is 17.0. The second kappa shape index (κ2) is 7.44. The lowest BCUT2D eigenvalue weighted by Gasteiger charge is -2.23. The van der Waals surface area contributed by atoms with E-state index in [1.54, 1.807) is 4.90 Å². The fraction of sp³-hybridized carbons (Fsp3) is 0.353. The van der Waals surface area contributed by atoms with Crippen molar-refractivity contribution >= 4 is 33.4 Å². The molecule has 0 spiro atoms. The Morgan fingerprint density at radius 3 is 3.08 bits per heavy atom. The Labute approximate surface area is 144 Å². The average Bonchev–Trinajstić information content (AvgIpc) is 3.23. The fourth-order valence-electron chi connectivity index (χ4n) is 2.78. The predicted octanol–water partition coefficient (Wildman–Crippen LogP) is 1.97. The maximum atomic E-state index is 12.0. The molecule has 0 radical (unpaired) electrons. The van der Waals surface area contributed by atoms with Gasteiger partial charge in [0.1, 0.15) is 0 Å². The predicted molar refractivity (Wildman–Crippen MR) is 93.1 cm³/mol. The van der Waals surface area contributed by atoms with Gasteiger partial charge in [0.05, 0.1) is 10.2 Å². The number of nitrogens with zero attached hydrogens (tertiary/aromatic N) is 2. The summed E-state index contributed by atoms with van der Waals surface area (Å²) in [5, 5.41) is 3.30. The van der Waals surface area contributed by atoms with Crippen LogP contribution in [0.4, 0.5) is 0 Å². The lowest BCUT2D eigenvalue weighted by Crippen LogP contribution is -2.43. The number of fused-ring (bicyclic) bond motifs is 1. The molecule has 6 nitrogen and oxygen atoms in total. The van der Waals surface area contributed by atoms with Crippen molar-refractivity contribution in [3.05, 3.63) is 36.9 Å². The van der Waals surface area contributed by atoms with E-state index in [4.69, 9.17) is 4.74 Å². The second-order valence-corrected chi connectivity index (χ2v) is 6.57. The lowest BCUT2D eigenvalue weighted by molar-refractivity contribution is -0.128. The molecule has 1 atom stereocenters. The van der Waals surface area contributed by atoms with Crippen LogP contribution in [0.25, 0.3) is 10.2 Å². The summed E-state index contributed by atoms with van der Waals surface area (Å²) >= 11 is 1.41. The van der Waals surface area contributed by atoms with Gasteiger partial charge in [0.2, 0.25) is 5.91 Å². The molecule has 2 amide bonds. The molecule has 1 saturated heterocycles. The molecular formula is C17H19N3O3S. The highest BCUT2D eigenvalue weighted by Crippen LogP contribution is 2.27. The van der Waals surface area contributed by atoms with Gasteiger partial charge >= 0.3 is 0 Å². The Morgan fingerprint density at radius 2 is 2.29 bits per heavy atom. The molecule has 0 saturated carbocycles. The number of para-hydroxylation sites is 1. The molecule has 1 aliphatic heterocycles. The van der Waals surface area contributed by atoms with E-state index in [9.17, 15) is 9.59 Å². The molecule has 24 heavy (non-hydrogen) atoms. The van der Waals surface area contributed by atoms with Crippen LogP contribution in [0.5, 0.6) is 5.19 Å². The summed E-state index contributed by atoms with van der Waals surface area (Å²) in [5.74, 6) is -0.301. The van der Waals surface area contributed by atoms with Crippen molar-refractivity contribution in [2.45, 2.75) is 18.9 Å². The number of amides is 2. The zero-order valence-electron chi connectivity index (χ0n) is 13.2. The molecule has 2 heterocycles. The van der Waals surface area contributed by atoms with Gasteiger partial charge in [-0.25, -0.2) is 4.98 Å². The van der Waals surface area contributed by atoms with Crippen molar-refractivity contribution in [1.29, 1.82) is 0 Å². The third-order valence-corrected chi connectivity index (χ3v) is 4.92. The van der Waals surface area contributed by atoms with Gasteiger partial charge < -0.3 is 15.0 Å². The van der Waals surface area contributed by atoms with Gasteiger partial charge in [-0.2, -0.15) is 0 Å². The van der Waals surface area contributed by atoms with Crippen LogP contribution in [0.15, 0.2) is 36.9 Å². The number of ether oxygens (including phenoxy) is 1. The number of hydrogen-bond donors (Lipinski definition) is 1. The first-order valence-corrected chi connectivity index (χ1v) is 8.67. The van der Waals surface area contributed by atoms with Gasteiger partial charge in [0.25, 0.3) is 11.1 Å². The van der Waals surface area contributed by atoms with E-state index in [0.29, 0.717) is 18.3 Å². The second-order valence-electron chi connectivity index (χ2n) is 5.57. The van der Waals surface area contributed by atoms with E-state index >= 15 is 0 Å². The number of carbonyl (C=O) groups is 2. The first kappa shape index (κ1) is 16.4. The maximum Gasteiger partial charge on any atom is 0.274 e. The summed E-state index contributed by atoms with van der Waals surface area (Å²) in [5.41, 5.74) is 0.863. The first-order valence-electron chi connectivity index (χ1n) is 7.85. The smallest absolute Gasteiger partial charge is 0.274 e. The fourth-order valence-corrected chi connectivity index (χ4v) is 3.59. The average molecular weight is 345 g/mol. The molecule has 1 aromatic heterocycles. The number of carbonyl (C=O) groups excluding carboxylic acids is 2. The molecule has 1 fully saturated rings. The van der Waals surface area contributed by atoms with E-state index in [1.165, 1.54) is 17.4 Å². The van der Waals surface area contributed by atoms with Gasteiger partial charge in [0.15, 0.2) is 6.61 Å². The van der Waals surface area contributed by atoms with Crippen molar-refractivity contribution < 1.29 is 14.3 Å². The Morgan fingerprint density at radius 1 is 1.46 bits per heavy atom. The molecule has 1 aliphatic rings. The van der Waals surface area contributed by atoms with Crippen LogP contribution in [-0.4, -0.2) is 47.4 Å². The van der Waals surface area contributed by atoms with Crippen molar-refractivity contribution in [3.8, 4) is 5.19 Å². The largest absolute Gasteiger partial charge is 0.460 e. The van der Waals surface area contributed by atoms with Gasteiger partial charge in [-0.05, 0) is 31.1 Å². The van der Waals surface area contributed by atoms with Crippen LogP contribution in [0.1, 0.15) is 12.8 Å². The Balaban J connectivity index is 1.47. The van der Waals surface area contributed by atoms with E-state index < -0.39 is 0 Å². The Bertz CT molecular complexity index is 725. The molecule has 1 aromatic carbocycles. The standard InChI is InChI=1S/C17H19N3O3S/c1-2-16(22)20-9-5-6-12(20)10-18-15(21)11-23-17-19-13-7-3-4-8-14(13)24-17/h2-4,7-8,12H,1,5-6,9-11H2,(H,18,21). The summed E-state index contributed by atoms with van der Waals surface area (Å²) in [7, 11) is 0. The SMILES string of the molecule is C=CC(=O)N1CCCC1CNC(=O)COc1nc2ccccc2s1. The zero-order valence-corrected chi connectivity index (χ0v) is 14.1. The molecule has 126 valence electrons. The van der Waals surface area contributed by atoms with E-state index in [0.717, 1.165) is 23.1 Å². The third-order valence-electron chi connectivity index (χ3n) is 3.97. The van der Waals surface area contributed by atoms with E-state index in [-0.39, 0.29) is 24.5 Å². The van der Waals surface area contributed by atoms with Crippen molar-refractivity contribution in [1.82, 2.24) is 15.2 Å². The quantitative estimate of drug-likeness (QED) is 0.813. The highest BCUT2D eigenvalue weighted by Gasteiger charge is 2.27. The van der Waals surface area contributed by atoms with E-state index in [1.807, 2.05) is 24.3 Å². The summed E-state index contributed by atoms with van der Waals surface area (Å²) in [6.45, 7) is 4.58. The minimum absolute atomic E-state index is 0.0295. The van der Waals surface area contributed by atoms with Gasteiger partial charge in [-0.15, -0.1) is 0 Å². The zero-order chi connectivity index (χ0) is 16.9. The van der Waals surface area contributed by atoms with Crippen LogP contribution in [-0.2, 0) is 9.59 Å². The minimum Gasteiger partial charge on any atom is -0.460 e. The van der Waals surface area contributed by atoms with Gasteiger partial charge in [-0.3, -0.25) is 9.59 Å². The van der Waals surface area contributed by atoms with Gasteiger partial charge in [-0.1, -0.05) is 30.0 Å². The summed E-state index contributed by atoms with van der Waals surface area (Å²) in [4.78, 5) is 29.8. The number of thiazole rings is 1. The monoisotopic (exact) mass is 345 g/mol. The molecule has 2 aromatic rings. The van der Waals surface area contributed by atoms with Gasteiger partial charge in [0, 0.05) is 19.1 Å². The molecule has 0 bridgehead atoms. The number of nitrogens with one attached hydrogen (secondary N) is 1. The number of aromatic nitrogens is 1. The van der Waals surface area contributed by atoms with Crippen LogP contribution in [0.2, 0.25) is 0 Å². The number of likely N-dealkylation sites (tertiary alicyclic amines) is 1. The Kier molecular flexibility index (Phi) is 5.10. The number of benzene rings is 1. The molecule has 1 N–H and O–H groups in total. The highest BCUT2D eigenvalue weighted by atomic mass is 32.1. The van der Waals surface area contributed by atoms with Crippen LogP contribution >= 0.6 is 11.3 Å². The lowest BCUT2D eigenvalue weighted by atomic mass is 10.2. The molecule has 0 aliphatic carbocycles. The Hall–Kier alpha value is -2.41. The highest BCUT2D eigenvalue weighted by molar-refractivity contribution is 7.20. The minimum atomic E-state index is -0.216. The van der Waals surface area contributed by atoms with Crippen LogP contribution < -0.4 is 10.1 Å². The first-order chi connectivity index (χ1) is 11.7. The van der Waals surface area contributed by atoms with Crippen molar-refractivity contribution in [2.24, 2.45) is 0 Å². The summed E-state index contributed by atoms with van der Waals surface area (Å²) in [6.07, 6.45) is 3.15. The third kappa shape index (κ3) is 3.73. The molecule has 3 rings (SSSR count). The number of rotatable bonds is 6.